The molecule has 21 heavy (non-hydrogen) atoms. The van der Waals surface area contributed by atoms with E-state index in [9.17, 15) is 19.7 Å². The highest BCUT2D eigenvalue weighted by Gasteiger charge is 2.14. The number of aromatic amines is 1. The first-order valence-electron chi connectivity index (χ1n) is 6.14. The number of aryl methyl sites for hydroxylation is 2. The lowest BCUT2D eigenvalue weighted by Gasteiger charge is -2.06. The van der Waals surface area contributed by atoms with Crippen LogP contribution in [-0.2, 0) is 0 Å². The normalized spacial score (nSPS) is 10.2. The zero-order chi connectivity index (χ0) is 15.6. The van der Waals surface area contributed by atoms with E-state index < -0.39 is 16.3 Å². The maximum absolute atomic E-state index is 12.0. The number of benzene rings is 1. The number of aromatic nitrogens is 1. The summed E-state index contributed by atoms with van der Waals surface area (Å²) < 4.78 is 0. The third-order valence-corrected chi connectivity index (χ3v) is 2.97. The molecular formula is C14H13N3O4. The fourth-order valence-corrected chi connectivity index (χ4v) is 1.83. The Balaban J connectivity index is 2.29. The third-order valence-electron chi connectivity index (χ3n) is 2.97. The molecule has 1 amide bonds. The first-order valence-corrected chi connectivity index (χ1v) is 6.14. The highest BCUT2D eigenvalue weighted by atomic mass is 16.6. The Labute approximate surface area is 119 Å². The van der Waals surface area contributed by atoms with Crippen LogP contribution in [0.25, 0.3) is 0 Å². The maximum Gasteiger partial charge on any atom is 0.274 e. The maximum atomic E-state index is 12.0. The predicted octanol–water partition coefficient (Wildman–Crippen LogP) is 2.15. The van der Waals surface area contributed by atoms with Crippen LogP contribution in [-0.4, -0.2) is 15.8 Å². The van der Waals surface area contributed by atoms with Crippen molar-refractivity contribution < 1.29 is 9.72 Å². The van der Waals surface area contributed by atoms with E-state index in [4.69, 9.17) is 0 Å². The number of anilines is 1. The highest BCUT2D eigenvalue weighted by molar-refractivity contribution is 6.04. The summed E-state index contributed by atoms with van der Waals surface area (Å²) in [4.78, 5) is 36.8. The van der Waals surface area contributed by atoms with Gasteiger partial charge >= 0.3 is 0 Å². The van der Waals surface area contributed by atoms with Gasteiger partial charge in [-0.3, -0.25) is 19.7 Å². The molecule has 2 N–H and O–H groups in total. The second kappa shape index (κ2) is 5.58. The van der Waals surface area contributed by atoms with Gasteiger partial charge in [-0.05, 0) is 19.9 Å². The van der Waals surface area contributed by atoms with Crippen molar-refractivity contribution in [3.63, 3.8) is 0 Å². The van der Waals surface area contributed by atoms with E-state index in [-0.39, 0.29) is 16.9 Å². The molecule has 0 bridgehead atoms. The monoisotopic (exact) mass is 287 g/mol. The number of pyridine rings is 1. The molecule has 0 spiro atoms. The fraction of sp³-hybridized carbons (Fsp3) is 0.143. The molecule has 0 aliphatic heterocycles. The molecule has 7 nitrogen and oxygen atoms in total. The van der Waals surface area contributed by atoms with E-state index in [0.717, 1.165) is 0 Å². The number of nitrogens with one attached hydrogen (secondary N) is 2. The number of H-pyrrole nitrogens is 1. The minimum absolute atomic E-state index is 0.0520. The Morgan fingerprint density at radius 1 is 1.29 bits per heavy atom. The van der Waals surface area contributed by atoms with Crippen molar-refractivity contribution in [1.82, 2.24) is 4.98 Å². The standard InChI is InChI=1S/C14H13N3O4/c1-8-3-4-10(6-12(8)17(20)21)16-14(19)11-7-15-9(2)5-13(11)18/h3-7H,1-2H3,(H,15,18)(H,16,19). The van der Waals surface area contributed by atoms with Crippen LogP contribution >= 0.6 is 0 Å². The average molecular weight is 287 g/mol. The van der Waals surface area contributed by atoms with Gasteiger partial charge < -0.3 is 10.3 Å². The smallest absolute Gasteiger partial charge is 0.274 e. The molecule has 0 saturated heterocycles. The molecule has 2 rings (SSSR count). The van der Waals surface area contributed by atoms with Gasteiger partial charge in [-0.15, -0.1) is 0 Å². The zero-order valence-corrected chi connectivity index (χ0v) is 11.5. The minimum Gasteiger partial charge on any atom is -0.364 e. The van der Waals surface area contributed by atoms with Crippen molar-refractivity contribution in [2.45, 2.75) is 13.8 Å². The molecule has 0 aliphatic carbocycles. The van der Waals surface area contributed by atoms with Crippen molar-refractivity contribution in [3.05, 3.63) is 67.6 Å². The fourth-order valence-electron chi connectivity index (χ4n) is 1.83. The average Bonchev–Trinajstić information content (AvgIpc) is 2.40. The van der Waals surface area contributed by atoms with Crippen LogP contribution in [0.15, 0.2) is 35.3 Å². The molecular weight excluding hydrogens is 274 g/mol. The summed E-state index contributed by atoms with van der Waals surface area (Å²) in [5.41, 5.74) is 0.839. The summed E-state index contributed by atoms with van der Waals surface area (Å²) in [5.74, 6) is -0.616. The second-order valence-electron chi connectivity index (χ2n) is 4.61. The number of carbonyl (C=O) groups is 1. The van der Waals surface area contributed by atoms with Gasteiger partial charge in [0.25, 0.3) is 11.6 Å². The summed E-state index contributed by atoms with van der Waals surface area (Å²) >= 11 is 0. The van der Waals surface area contributed by atoms with Crippen LogP contribution in [0.5, 0.6) is 0 Å². The quantitative estimate of drug-likeness (QED) is 0.666. The Morgan fingerprint density at radius 2 is 2.00 bits per heavy atom. The molecule has 0 aliphatic rings. The lowest BCUT2D eigenvalue weighted by Crippen LogP contribution is -2.21. The predicted molar refractivity (Wildman–Crippen MR) is 77.6 cm³/mol. The SMILES string of the molecule is Cc1cc(=O)c(C(=O)Nc2ccc(C)c([N+](=O)[O-])c2)c[nH]1. The first kappa shape index (κ1) is 14.4. The number of nitro groups is 1. The summed E-state index contributed by atoms with van der Waals surface area (Å²) in [6.45, 7) is 3.31. The largest absolute Gasteiger partial charge is 0.364 e. The van der Waals surface area contributed by atoms with Crippen molar-refractivity contribution >= 4 is 17.3 Å². The van der Waals surface area contributed by atoms with E-state index in [1.54, 1.807) is 19.9 Å². The zero-order valence-electron chi connectivity index (χ0n) is 11.5. The van der Waals surface area contributed by atoms with Crippen LogP contribution in [0.2, 0.25) is 0 Å². The summed E-state index contributed by atoms with van der Waals surface area (Å²) in [6.07, 6.45) is 1.32. The number of carbonyl (C=O) groups excluding carboxylic acids is 1. The molecule has 1 aromatic heterocycles. The van der Waals surface area contributed by atoms with Gasteiger partial charge in [0, 0.05) is 35.3 Å². The second-order valence-corrected chi connectivity index (χ2v) is 4.61. The number of nitro benzene ring substituents is 1. The van der Waals surface area contributed by atoms with Crippen LogP contribution in [0.4, 0.5) is 11.4 Å². The summed E-state index contributed by atoms with van der Waals surface area (Å²) in [6, 6.07) is 5.65. The van der Waals surface area contributed by atoms with Crippen molar-refractivity contribution in [2.24, 2.45) is 0 Å². The van der Waals surface area contributed by atoms with Gasteiger partial charge in [0.15, 0.2) is 5.43 Å². The Bertz CT molecular complexity index is 780. The third kappa shape index (κ3) is 3.14. The number of nitrogens with zero attached hydrogens (tertiary/aromatic N) is 1. The van der Waals surface area contributed by atoms with Crippen molar-refractivity contribution in [2.75, 3.05) is 5.32 Å². The number of rotatable bonds is 3. The van der Waals surface area contributed by atoms with E-state index in [1.165, 1.54) is 24.4 Å². The molecule has 1 aromatic carbocycles. The molecule has 7 heteroatoms. The number of amides is 1. The van der Waals surface area contributed by atoms with Gasteiger partial charge in [-0.1, -0.05) is 6.07 Å². The van der Waals surface area contributed by atoms with E-state index in [1.807, 2.05) is 0 Å². The van der Waals surface area contributed by atoms with Gasteiger partial charge in [-0.2, -0.15) is 0 Å². The molecule has 0 atom stereocenters. The van der Waals surface area contributed by atoms with Gasteiger partial charge in [0.1, 0.15) is 5.56 Å². The topological polar surface area (TPSA) is 105 Å². The molecule has 0 saturated carbocycles. The summed E-state index contributed by atoms with van der Waals surface area (Å²) in [5, 5.41) is 13.3. The Morgan fingerprint density at radius 3 is 2.62 bits per heavy atom. The van der Waals surface area contributed by atoms with Gasteiger partial charge in [-0.25, -0.2) is 0 Å². The van der Waals surface area contributed by atoms with Gasteiger partial charge in [0.2, 0.25) is 0 Å². The first-order chi connectivity index (χ1) is 9.88. The van der Waals surface area contributed by atoms with Crippen molar-refractivity contribution in [3.8, 4) is 0 Å². The van der Waals surface area contributed by atoms with E-state index in [2.05, 4.69) is 10.3 Å². The Hall–Kier alpha value is -2.96. The molecule has 0 radical (unpaired) electrons. The van der Waals surface area contributed by atoms with Crippen LogP contribution in [0.1, 0.15) is 21.6 Å². The lowest BCUT2D eigenvalue weighted by atomic mass is 10.1. The van der Waals surface area contributed by atoms with Crippen LogP contribution < -0.4 is 10.7 Å². The van der Waals surface area contributed by atoms with E-state index in [0.29, 0.717) is 11.3 Å². The highest BCUT2D eigenvalue weighted by Crippen LogP contribution is 2.22. The minimum atomic E-state index is -0.616. The van der Waals surface area contributed by atoms with Crippen LogP contribution in [0, 0.1) is 24.0 Å². The molecule has 108 valence electrons. The van der Waals surface area contributed by atoms with Crippen molar-refractivity contribution in [1.29, 1.82) is 0 Å². The lowest BCUT2D eigenvalue weighted by molar-refractivity contribution is -0.385. The van der Waals surface area contributed by atoms with E-state index >= 15 is 0 Å². The number of hydrogen-bond donors (Lipinski definition) is 2. The van der Waals surface area contributed by atoms with Crippen LogP contribution in [0.3, 0.4) is 0 Å². The molecule has 1 heterocycles. The molecule has 2 aromatic rings. The summed E-state index contributed by atoms with van der Waals surface area (Å²) in [7, 11) is 0. The number of hydrogen-bond acceptors (Lipinski definition) is 4. The van der Waals surface area contributed by atoms with Gasteiger partial charge in [0.05, 0.1) is 4.92 Å². The Kier molecular flexibility index (Phi) is 3.84. The molecule has 0 unspecified atom stereocenters. The molecule has 0 fully saturated rings.